The van der Waals surface area contributed by atoms with Crippen molar-refractivity contribution < 1.29 is 9.63 Å². The Balaban J connectivity index is 1.27. The number of nitrogen functional groups attached to an aromatic ring is 1. The van der Waals surface area contributed by atoms with Gasteiger partial charge in [-0.2, -0.15) is 0 Å². The minimum atomic E-state index is 0.109. The summed E-state index contributed by atoms with van der Waals surface area (Å²) in [6.45, 7) is 4.17. The van der Waals surface area contributed by atoms with Crippen molar-refractivity contribution in [2.75, 3.05) is 39.0 Å². The quantitative estimate of drug-likeness (QED) is 0.543. The Kier molecular flexibility index (Phi) is 7.26. The molecule has 0 aliphatic carbocycles. The molecule has 0 spiro atoms. The molecule has 4 rings (SSSR count). The molecule has 2 aliphatic rings. The lowest BCUT2D eigenvalue weighted by Gasteiger charge is -2.37. The van der Waals surface area contributed by atoms with Crippen LogP contribution in [-0.2, 0) is 16.2 Å². The van der Waals surface area contributed by atoms with Crippen LogP contribution in [0.1, 0.15) is 36.9 Å². The van der Waals surface area contributed by atoms with Crippen LogP contribution in [0.25, 0.3) is 0 Å². The molecule has 170 valence electrons. The number of piperidine rings is 2. The Morgan fingerprint density at radius 2 is 1.84 bits per heavy atom. The first-order valence-corrected chi connectivity index (χ1v) is 11.2. The number of carbonyl (C=O) groups is 1. The van der Waals surface area contributed by atoms with E-state index in [0.29, 0.717) is 11.7 Å². The van der Waals surface area contributed by atoms with Gasteiger partial charge >= 0.3 is 0 Å². The van der Waals surface area contributed by atoms with Crippen LogP contribution in [0.5, 0.6) is 0 Å². The second-order valence-corrected chi connectivity index (χ2v) is 8.49. The van der Waals surface area contributed by atoms with Gasteiger partial charge in [-0.05, 0) is 56.5 Å². The highest BCUT2D eigenvalue weighted by Gasteiger charge is 2.32. The standard InChI is InChI=1S/C23H31N7O2/c1-32-28-22(20-15-25-8-9-26-20)18-5-12-30(13-6-18)23(31)19-3-10-29(11-4-19)16-17-2-7-27-21(24)14-17/h2,7-9,14-15,18-19H,3-6,10-13,16H2,1H3,(H2,24,27). The number of oxime groups is 1. The zero-order valence-corrected chi connectivity index (χ0v) is 18.6. The summed E-state index contributed by atoms with van der Waals surface area (Å²) in [5.74, 6) is 1.16. The molecule has 0 bridgehead atoms. The maximum Gasteiger partial charge on any atom is 0.225 e. The van der Waals surface area contributed by atoms with Gasteiger partial charge in [0.1, 0.15) is 24.3 Å². The minimum Gasteiger partial charge on any atom is -0.399 e. The molecule has 2 aliphatic heterocycles. The number of nitrogens with two attached hydrogens (primary N) is 1. The van der Waals surface area contributed by atoms with E-state index in [-0.39, 0.29) is 11.8 Å². The number of pyridine rings is 1. The summed E-state index contributed by atoms with van der Waals surface area (Å²) in [6.07, 6.45) is 10.3. The van der Waals surface area contributed by atoms with Crippen molar-refractivity contribution in [1.82, 2.24) is 24.8 Å². The summed E-state index contributed by atoms with van der Waals surface area (Å²) in [6, 6.07) is 3.92. The molecule has 2 aromatic rings. The number of likely N-dealkylation sites (tertiary alicyclic amines) is 2. The average molecular weight is 438 g/mol. The van der Waals surface area contributed by atoms with E-state index in [0.717, 1.165) is 69.8 Å². The molecule has 2 aromatic heterocycles. The third-order valence-electron chi connectivity index (χ3n) is 6.40. The molecular formula is C23H31N7O2. The SMILES string of the molecule is CON=C(c1cnccn1)C1CCN(C(=O)C2CCN(Cc3ccnc(N)c3)CC2)CC1. The summed E-state index contributed by atoms with van der Waals surface area (Å²) in [5.41, 5.74) is 8.51. The Morgan fingerprint density at radius 1 is 1.09 bits per heavy atom. The van der Waals surface area contributed by atoms with Gasteiger partial charge in [0.05, 0.1) is 6.20 Å². The fourth-order valence-corrected chi connectivity index (χ4v) is 4.68. The largest absolute Gasteiger partial charge is 0.399 e. The van der Waals surface area contributed by atoms with Gasteiger partial charge in [0, 0.05) is 50.1 Å². The van der Waals surface area contributed by atoms with E-state index in [1.54, 1.807) is 31.9 Å². The molecule has 2 fully saturated rings. The molecule has 0 atom stereocenters. The van der Waals surface area contributed by atoms with Crippen LogP contribution in [0.2, 0.25) is 0 Å². The molecule has 9 heteroatoms. The predicted octanol–water partition coefficient (Wildman–Crippen LogP) is 1.96. The smallest absolute Gasteiger partial charge is 0.225 e. The lowest BCUT2D eigenvalue weighted by atomic mass is 9.88. The number of anilines is 1. The molecule has 4 heterocycles. The Labute approximate surface area is 188 Å². The van der Waals surface area contributed by atoms with Gasteiger partial charge in [0.2, 0.25) is 5.91 Å². The van der Waals surface area contributed by atoms with Crippen molar-refractivity contribution in [2.45, 2.75) is 32.2 Å². The Hall–Kier alpha value is -3.07. The van der Waals surface area contributed by atoms with E-state index in [2.05, 4.69) is 25.0 Å². The minimum absolute atomic E-state index is 0.109. The van der Waals surface area contributed by atoms with Crippen molar-refractivity contribution in [1.29, 1.82) is 0 Å². The number of hydrogen-bond acceptors (Lipinski definition) is 8. The van der Waals surface area contributed by atoms with Crippen LogP contribution in [-0.4, -0.2) is 69.7 Å². The maximum atomic E-state index is 13.1. The fourth-order valence-electron chi connectivity index (χ4n) is 4.68. The highest BCUT2D eigenvalue weighted by atomic mass is 16.6. The van der Waals surface area contributed by atoms with E-state index in [9.17, 15) is 4.79 Å². The van der Waals surface area contributed by atoms with Gasteiger partial charge in [0.15, 0.2) is 0 Å². The molecule has 2 N–H and O–H groups in total. The first kappa shape index (κ1) is 22.1. The lowest BCUT2D eigenvalue weighted by molar-refractivity contribution is -0.138. The van der Waals surface area contributed by atoms with Crippen molar-refractivity contribution in [3.05, 3.63) is 48.2 Å². The lowest BCUT2D eigenvalue weighted by Crippen LogP contribution is -2.46. The van der Waals surface area contributed by atoms with Crippen LogP contribution in [0.15, 0.2) is 42.1 Å². The van der Waals surface area contributed by atoms with Crippen LogP contribution in [0, 0.1) is 11.8 Å². The normalized spacial score (nSPS) is 19.2. The zero-order chi connectivity index (χ0) is 22.3. The number of amides is 1. The molecule has 0 aromatic carbocycles. The number of rotatable bonds is 6. The highest BCUT2D eigenvalue weighted by Crippen LogP contribution is 2.26. The number of aromatic nitrogens is 3. The molecule has 9 nitrogen and oxygen atoms in total. The molecule has 1 amide bonds. The average Bonchev–Trinajstić information content (AvgIpc) is 2.83. The first-order chi connectivity index (χ1) is 15.6. The summed E-state index contributed by atoms with van der Waals surface area (Å²) in [5, 5.41) is 4.22. The summed E-state index contributed by atoms with van der Waals surface area (Å²) in [4.78, 5) is 35.2. The van der Waals surface area contributed by atoms with Crippen LogP contribution in [0.4, 0.5) is 5.82 Å². The van der Waals surface area contributed by atoms with Crippen molar-refractivity contribution in [2.24, 2.45) is 17.0 Å². The van der Waals surface area contributed by atoms with Crippen LogP contribution in [0.3, 0.4) is 0 Å². The van der Waals surface area contributed by atoms with E-state index in [4.69, 9.17) is 10.6 Å². The zero-order valence-electron chi connectivity index (χ0n) is 18.6. The number of hydrogen-bond donors (Lipinski definition) is 1. The van der Waals surface area contributed by atoms with Crippen molar-refractivity contribution in [3.8, 4) is 0 Å². The third kappa shape index (κ3) is 5.40. The molecule has 0 saturated carbocycles. The van der Waals surface area contributed by atoms with Gasteiger partial charge in [-0.1, -0.05) is 5.16 Å². The van der Waals surface area contributed by atoms with Crippen molar-refractivity contribution >= 4 is 17.4 Å². The summed E-state index contributed by atoms with van der Waals surface area (Å²) in [7, 11) is 1.55. The van der Waals surface area contributed by atoms with Gasteiger partial charge in [0.25, 0.3) is 0 Å². The highest BCUT2D eigenvalue weighted by molar-refractivity contribution is 6.00. The topological polar surface area (TPSA) is 110 Å². The molecule has 32 heavy (non-hydrogen) atoms. The summed E-state index contributed by atoms with van der Waals surface area (Å²) < 4.78 is 0. The van der Waals surface area contributed by atoms with Crippen LogP contribution >= 0.6 is 0 Å². The predicted molar refractivity (Wildman–Crippen MR) is 122 cm³/mol. The van der Waals surface area contributed by atoms with Gasteiger partial charge in [-0.3, -0.25) is 19.7 Å². The maximum absolute atomic E-state index is 13.1. The van der Waals surface area contributed by atoms with Gasteiger partial charge in [-0.15, -0.1) is 0 Å². The first-order valence-electron chi connectivity index (χ1n) is 11.2. The molecule has 0 radical (unpaired) electrons. The number of nitrogens with zero attached hydrogens (tertiary/aromatic N) is 6. The van der Waals surface area contributed by atoms with Crippen LogP contribution < -0.4 is 5.73 Å². The second kappa shape index (κ2) is 10.5. The molecular weight excluding hydrogens is 406 g/mol. The van der Waals surface area contributed by atoms with Crippen molar-refractivity contribution in [3.63, 3.8) is 0 Å². The summed E-state index contributed by atoms with van der Waals surface area (Å²) >= 11 is 0. The van der Waals surface area contributed by atoms with E-state index in [1.807, 2.05) is 17.0 Å². The van der Waals surface area contributed by atoms with Gasteiger partial charge in [-0.25, -0.2) is 4.98 Å². The molecule has 2 saturated heterocycles. The third-order valence-corrected chi connectivity index (χ3v) is 6.40. The Morgan fingerprint density at radius 3 is 2.50 bits per heavy atom. The Bertz CT molecular complexity index is 921. The number of carbonyl (C=O) groups excluding carboxylic acids is 1. The van der Waals surface area contributed by atoms with E-state index in [1.165, 1.54) is 5.56 Å². The monoisotopic (exact) mass is 437 g/mol. The van der Waals surface area contributed by atoms with E-state index < -0.39 is 0 Å². The van der Waals surface area contributed by atoms with E-state index >= 15 is 0 Å². The fraction of sp³-hybridized carbons (Fsp3) is 0.522. The van der Waals surface area contributed by atoms with Gasteiger partial charge < -0.3 is 15.5 Å². The second-order valence-electron chi connectivity index (χ2n) is 8.49. The molecule has 0 unspecified atom stereocenters.